The molecule has 3 nitrogen and oxygen atoms in total. The molecule has 0 radical (unpaired) electrons. The quantitative estimate of drug-likeness (QED) is 0.888. The van der Waals surface area contributed by atoms with Crippen molar-refractivity contribution in [3.63, 3.8) is 0 Å². The Morgan fingerprint density at radius 3 is 2.63 bits per heavy atom. The molecule has 2 fully saturated rings. The third-order valence-electron chi connectivity index (χ3n) is 4.83. The molecule has 1 unspecified atom stereocenters. The fraction of sp³-hybridized carbons (Fsp3) is 0.562. The van der Waals surface area contributed by atoms with E-state index < -0.39 is 0 Å². The molecule has 0 amide bonds. The van der Waals surface area contributed by atoms with E-state index in [1.54, 1.807) is 0 Å². The molecule has 1 atom stereocenters. The second kappa shape index (κ2) is 4.64. The summed E-state index contributed by atoms with van der Waals surface area (Å²) >= 11 is 0. The average molecular weight is 255 g/mol. The molecule has 3 heteroatoms. The molecule has 2 aromatic rings. The first kappa shape index (κ1) is 11.5. The highest BCUT2D eigenvalue weighted by molar-refractivity contribution is 5.74. The fourth-order valence-electron chi connectivity index (χ4n) is 3.68. The van der Waals surface area contributed by atoms with Gasteiger partial charge in [-0.1, -0.05) is 31.4 Å². The minimum absolute atomic E-state index is 0.537. The number of rotatable bonds is 2. The van der Waals surface area contributed by atoms with Crippen molar-refractivity contribution in [2.75, 3.05) is 6.54 Å². The number of hydrogen-bond donors (Lipinski definition) is 1. The zero-order valence-electron chi connectivity index (χ0n) is 11.3. The number of nitrogens with one attached hydrogen (secondary N) is 1. The molecule has 1 aromatic heterocycles. The Balaban J connectivity index is 1.58. The lowest BCUT2D eigenvalue weighted by Gasteiger charge is -2.46. The van der Waals surface area contributed by atoms with Crippen LogP contribution >= 0.6 is 0 Å². The van der Waals surface area contributed by atoms with Crippen LogP contribution in [0.2, 0.25) is 0 Å². The van der Waals surface area contributed by atoms with Gasteiger partial charge in [-0.2, -0.15) is 0 Å². The molecular weight excluding hydrogens is 234 g/mol. The van der Waals surface area contributed by atoms with Gasteiger partial charge in [-0.05, 0) is 31.4 Å². The zero-order valence-corrected chi connectivity index (χ0v) is 11.3. The van der Waals surface area contributed by atoms with Gasteiger partial charge < -0.3 is 4.98 Å². The lowest BCUT2D eigenvalue weighted by atomic mass is 9.89. The van der Waals surface area contributed by atoms with Gasteiger partial charge in [-0.3, -0.25) is 4.90 Å². The van der Waals surface area contributed by atoms with E-state index in [-0.39, 0.29) is 0 Å². The predicted molar refractivity (Wildman–Crippen MR) is 77.0 cm³/mol. The molecule has 1 aromatic carbocycles. The highest BCUT2D eigenvalue weighted by Gasteiger charge is 2.36. The summed E-state index contributed by atoms with van der Waals surface area (Å²) in [6.07, 6.45) is 8.28. The molecule has 1 saturated heterocycles. The van der Waals surface area contributed by atoms with Gasteiger partial charge in [0.15, 0.2) is 0 Å². The van der Waals surface area contributed by atoms with Crippen LogP contribution in [0, 0.1) is 0 Å². The average Bonchev–Trinajstić information content (AvgIpc) is 2.81. The minimum atomic E-state index is 0.537. The standard InChI is InChI=1S/C16H21N3/c1-2-6-12(7-3-1)19-11-10-15(19)16-17-13-8-4-5-9-14(13)18-16/h4-5,8-9,12,15H,1-3,6-7,10-11H2,(H,17,18). The summed E-state index contributed by atoms with van der Waals surface area (Å²) in [5.74, 6) is 1.18. The lowest BCUT2D eigenvalue weighted by molar-refractivity contribution is 0.0186. The predicted octanol–water partition coefficient (Wildman–Crippen LogP) is 3.64. The molecule has 1 N–H and O–H groups in total. The summed E-state index contributed by atoms with van der Waals surface area (Å²) in [5.41, 5.74) is 2.28. The maximum Gasteiger partial charge on any atom is 0.124 e. The summed E-state index contributed by atoms with van der Waals surface area (Å²) in [6, 6.07) is 9.70. The minimum Gasteiger partial charge on any atom is -0.341 e. The van der Waals surface area contributed by atoms with Crippen molar-refractivity contribution in [1.82, 2.24) is 14.9 Å². The number of aromatic amines is 1. The number of H-pyrrole nitrogens is 1. The van der Waals surface area contributed by atoms with Gasteiger partial charge in [0, 0.05) is 12.6 Å². The Labute approximate surface area is 114 Å². The number of aromatic nitrogens is 2. The molecule has 2 heterocycles. The van der Waals surface area contributed by atoms with Gasteiger partial charge in [0.1, 0.15) is 5.82 Å². The third kappa shape index (κ3) is 1.96. The number of hydrogen-bond acceptors (Lipinski definition) is 2. The van der Waals surface area contributed by atoms with E-state index in [2.05, 4.69) is 34.1 Å². The van der Waals surface area contributed by atoms with Crippen molar-refractivity contribution >= 4 is 11.0 Å². The number of nitrogens with zero attached hydrogens (tertiary/aromatic N) is 2. The summed E-state index contributed by atoms with van der Waals surface area (Å²) in [5, 5.41) is 0. The molecule has 100 valence electrons. The Kier molecular flexibility index (Phi) is 2.80. The van der Waals surface area contributed by atoms with Crippen LogP contribution in [-0.4, -0.2) is 27.5 Å². The Bertz CT molecular complexity index is 535. The molecule has 19 heavy (non-hydrogen) atoms. The fourth-order valence-corrected chi connectivity index (χ4v) is 3.68. The Morgan fingerprint density at radius 1 is 1.05 bits per heavy atom. The summed E-state index contributed by atoms with van der Waals surface area (Å²) in [7, 11) is 0. The normalized spacial score (nSPS) is 25.6. The van der Waals surface area contributed by atoms with Crippen LogP contribution in [-0.2, 0) is 0 Å². The summed E-state index contributed by atoms with van der Waals surface area (Å²) in [6.45, 7) is 1.26. The van der Waals surface area contributed by atoms with Crippen molar-refractivity contribution < 1.29 is 0 Å². The van der Waals surface area contributed by atoms with Gasteiger partial charge in [-0.15, -0.1) is 0 Å². The first-order valence-electron chi connectivity index (χ1n) is 7.62. The third-order valence-corrected chi connectivity index (χ3v) is 4.83. The molecule has 2 aliphatic rings. The van der Waals surface area contributed by atoms with Crippen molar-refractivity contribution in [1.29, 1.82) is 0 Å². The van der Waals surface area contributed by atoms with Crippen LogP contribution in [0.25, 0.3) is 11.0 Å². The van der Waals surface area contributed by atoms with Gasteiger partial charge >= 0.3 is 0 Å². The molecule has 1 saturated carbocycles. The summed E-state index contributed by atoms with van der Waals surface area (Å²) < 4.78 is 0. The van der Waals surface area contributed by atoms with Crippen LogP contribution in [0.5, 0.6) is 0 Å². The zero-order chi connectivity index (χ0) is 12.7. The van der Waals surface area contributed by atoms with E-state index in [0.29, 0.717) is 6.04 Å². The molecule has 0 bridgehead atoms. The first-order valence-corrected chi connectivity index (χ1v) is 7.62. The SMILES string of the molecule is c1ccc2[nH]c(C3CCN3C3CCCCC3)nc2c1. The molecule has 0 spiro atoms. The monoisotopic (exact) mass is 255 g/mol. The van der Waals surface area contributed by atoms with Gasteiger partial charge in [0.25, 0.3) is 0 Å². The topological polar surface area (TPSA) is 31.9 Å². The van der Waals surface area contributed by atoms with Gasteiger partial charge in [-0.25, -0.2) is 4.98 Å². The Morgan fingerprint density at radius 2 is 1.89 bits per heavy atom. The van der Waals surface area contributed by atoms with Crippen molar-refractivity contribution in [2.24, 2.45) is 0 Å². The first-order chi connectivity index (χ1) is 9.42. The number of fused-ring (bicyclic) bond motifs is 1. The molecule has 1 aliphatic carbocycles. The highest BCUT2D eigenvalue weighted by atomic mass is 15.3. The van der Waals surface area contributed by atoms with Gasteiger partial charge in [0.05, 0.1) is 17.1 Å². The van der Waals surface area contributed by atoms with Crippen LogP contribution in [0.15, 0.2) is 24.3 Å². The largest absolute Gasteiger partial charge is 0.341 e. The maximum absolute atomic E-state index is 4.78. The molecular formula is C16H21N3. The van der Waals surface area contributed by atoms with Crippen LogP contribution in [0.3, 0.4) is 0 Å². The molecule has 1 aliphatic heterocycles. The molecule has 4 rings (SSSR count). The second-order valence-electron chi connectivity index (χ2n) is 5.97. The van der Waals surface area contributed by atoms with Crippen LogP contribution in [0.1, 0.15) is 50.4 Å². The Hall–Kier alpha value is -1.35. The maximum atomic E-state index is 4.78. The number of para-hydroxylation sites is 2. The van der Waals surface area contributed by atoms with Crippen LogP contribution < -0.4 is 0 Å². The van der Waals surface area contributed by atoms with Crippen LogP contribution in [0.4, 0.5) is 0 Å². The number of imidazole rings is 1. The second-order valence-corrected chi connectivity index (χ2v) is 5.97. The van der Waals surface area contributed by atoms with E-state index in [0.717, 1.165) is 11.6 Å². The van der Waals surface area contributed by atoms with Crippen molar-refractivity contribution in [3.05, 3.63) is 30.1 Å². The number of benzene rings is 1. The van der Waals surface area contributed by atoms with E-state index >= 15 is 0 Å². The van der Waals surface area contributed by atoms with Gasteiger partial charge in [0.2, 0.25) is 0 Å². The lowest BCUT2D eigenvalue weighted by Crippen LogP contribution is -2.48. The smallest absolute Gasteiger partial charge is 0.124 e. The highest BCUT2D eigenvalue weighted by Crippen LogP contribution is 2.38. The van der Waals surface area contributed by atoms with Crippen molar-refractivity contribution in [2.45, 2.75) is 50.6 Å². The van der Waals surface area contributed by atoms with E-state index in [9.17, 15) is 0 Å². The van der Waals surface area contributed by atoms with E-state index in [4.69, 9.17) is 4.98 Å². The van der Waals surface area contributed by atoms with E-state index in [1.165, 1.54) is 56.4 Å². The number of likely N-dealkylation sites (tertiary alicyclic amines) is 1. The van der Waals surface area contributed by atoms with E-state index in [1.807, 2.05) is 0 Å². The van der Waals surface area contributed by atoms with Crippen molar-refractivity contribution in [3.8, 4) is 0 Å². The summed E-state index contributed by atoms with van der Waals surface area (Å²) in [4.78, 5) is 11.0.